The van der Waals surface area contributed by atoms with Gasteiger partial charge in [0.15, 0.2) is 0 Å². The number of hydrogen-bond donors (Lipinski definition) is 1. The van der Waals surface area contributed by atoms with Crippen molar-refractivity contribution in [2.24, 2.45) is 0 Å². The van der Waals surface area contributed by atoms with E-state index in [0.717, 1.165) is 36.8 Å². The Labute approximate surface area is 130 Å². The average Bonchev–Trinajstić information content (AvgIpc) is 2.50. The fourth-order valence-corrected chi connectivity index (χ4v) is 2.83. The Hall–Kier alpha value is -1.30. The van der Waals surface area contributed by atoms with E-state index in [1.54, 1.807) is 0 Å². The Morgan fingerprint density at radius 2 is 2.00 bits per heavy atom. The number of likely N-dealkylation sites (N-methyl/N-ethyl adjacent to an activating group) is 1. The number of rotatable bonds is 4. The van der Waals surface area contributed by atoms with Crippen molar-refractivity contribution in [2.75, 3.05) is 46.9 Å². The molecule has 0 bridgehead atoms. The van der Waals surface area contributed by atoms with Crippen LogP contribution in [0.5, 0.6) is 0 Å². The molecule has 1 fully saturated rings. The highest BCUT2D eigenvalue weighted by molar-refractivity contribution is 6.31. The molecule has 6 heteroatoms. The maximum Gasteiger partial charge on any atom is 0.406 e. The fourth-order valence-electron chi connectivity index (χ4n) is 2.57. The van der Waals surface area contributed by atoms with Crippen molar-refractivity contribution in [3.8, 4) is 0 Å². The maximum absolute atomic E-state index is 11.4. The highest BCUT2D eigenvalue weighted by Crippen LogP contribution is 2.27. The van der Waals surface area contributed by atoms with E-state index in [9.17, 15) is 4.79 Å². The average molecular weight is 312 g/mol. The van der Waals surface area contributed by atoms with Gasteiger partial charge in [-0.25, -0.2) is 4.79 Å². The molecule has 1 saturated heterocycles. The maximum atomic E-state index is 11.4. The molecule has 21 heavy (non-hydrogen) atoms. The van der Waals surface area contributed by atoms with Crippen molar-refractivity contribution in [1.29, 1.82) is 0 Å². The van der Waals surface area contributed by atoms with Crippen LogP contribution in [0.3, 0.4) is 0 Å². The van der Waals surface area contributed by atoms with Gasteiger partial charge in [-0.1, -0.05) is 29.8 Å². The van der Waals surface area contributed by atoms with Crippen molar-refractivity contribution < 1.29 is 9.53 Å². The number of alkyl carbamates (subject to hydrolysis) is 1. The van der Waals surface area contributed by atoms with Crippen LogP contribution in [0.4, 0.5) is 4.79 Å². The fraction of sp³-hybridized carbons (Fsp3) is 0.533. The molecule has 1 heterocycles. The van der Waals surface area contributed by atoms with Gasteiger partial charge in [-0.05, 0) is 18.7 Å². The third-order valence-corrected chi connectivity index (χ3v) is 4.21. The highest BCUT2D eigenvalue weighted by Gasteiger charge is 2.25. The summed E-state index contributed by atoms with van der Waals surface area (Å²) in [5.74, 6) is 0. The monoisotopic (exact) mass is 311 g/mol. The molecular formula is C15H22ClN3O2. The number of benzene rings is 1. The molecule has 2 rings (SSSR count). The summed E-state index contributed by atoms with van der Waals surface area (Å²) in [6.45, 7) is 4.42. The van der Waals surface area contributed by atoms with Gasteiger partial charge in [-0.2, -0.15) is 0 Å². The molecular weight excluding hydrogens is 290 g/mol. The minimum absolute atomic E-state index is 0.0616. The number of methoxy groups -OCH3 is 1. The summed E-state index contributed by atoms with van der Waals surface area (Å²) in [5.41, 5.74) is 1.04. The molecule has 0 aromatic heterocycles. The second kappa shape index (κ2) is 7.64. The first-order valence-corrected chi connectivity index (χ1v) is 7.48. The minimum atomic E-state index is -0.416. The van der Waals surface area contributed by atoms with Gasteiger partial charge < -0.3 is 15.0 Å². The molecule has 1 N–H and O–H groups in total. The van der Waals surface area contributed by atoms with Gasteiger partial charge in [-0.3, -0.25) is 4.90 Å². The van der Waals surface area contributed by atoms with Crippen molar-refractivity contribution in [1.82, 2.24) is 15.1 Å². The minimum Gasteiger partial charge on any atom is -0.453 e. The molecule has 0 spiro atoms. The first-order chi connectivity index (χ1) is 10.1. The summed E-state index contributed by atoms with van der Waals surface area (Å²) in [6.07, 6.45) is -0.416. The first-order valence-electron chi connectivity index (χ1n) is 7.10. The van der Waals surface area contributed by atoms with Gasteiger partial charge in [0.25, 0.3) is 0 Å². The zero-order valence-electron chi connectivity index (χ0n) is 12.5. The largest absolute Gasteiger partial charge is 0.453 e. The second-order valence-corrected chi connectivity index (χ2v) is 5.66. The first kappa shape index (κ1) is 16.1. The summed E-state index contributed by atoms with van der Waals surface area (Å²) in [5, 5.41) is 3.52. The van der Waals surface area contributed by atoms with Crippen LogP contribution in [0, 0.1) is 0 Å². The lowest BCUT2D eigenvalue weighted by atomic mass is 10.0. The number of halogens is 1. The predicted molar refractivity (Wildman–Crippen MR) is 83.7 cm³/mol. The molecule has 0 aliphatic carbocycles. The SMILES string of the molecule is COC(=O)NCC(c1ccccc1Cl)N1CCN(C)CC1. The van der Waals surface area contributed by atoms with Crippen LogP contribution in [0.15, 0.2) is 24.3 Å². The Morgan fingerprint density at radius 1 is 1.33 bits per heavy atom. The Bertz CT molecular complexity index is 476. The lowest BCUT2D eigenvalue weighted by molar-refractivity contribution is 0.107. The summed E-state index contributed by atoms with van der Waals surface area (Å²) in [6, 6.07) is 7.86. The summed E-state index contributed by atoms with van der Waals surface area (Å²) >= 11 is 6.34. The van der Waals surface area contributed by atoms with Crippen LogP contribution < -0.4 is 5.32 Å². The Balaban J connectivity index is 2.14. The van der Waals surface area contributed by atoms with Crippen LogP contribution in [-0.2, 0) is 4.74 Å². The van der Waals surface area contributed by atoms with E-state index in [2.05, 4.69) is 26.9 Å². The summed E-state index contributed by atoms with van der Waals surface area (Å²) in [7, 11) is 3.49. The standard InChI is InChI=1S/C15H22ClN3O2/c1-18-7-9-19(10-8-18)14(11-17-15(20)21-2)12-5-3-4-6-13(12)16/h3-6,14H,7-11H2,1-2H3,(H,17,20). The molecule has 1 aliphatic rings. The van der Waals surface area contributed by atoms with Crippen molar-refractivity contribution in [3.05, 3.63) is 34.9 Å². The van der Waals surface area contributed by atoms with Crippen LogP contribution in [0.1, 0.15) is 11.6 Å². The van der Waals surface area contributed by atoms with Crippen LogP contribution in [-0.4, -0.2) is 62.8 Å². The van der Waals surface area contributed by atoms with E-state index in [0.29, 0.717) is 6.54 Å². The number of carbonyl (C=O) groups is 1. The molecule has 0 saturated carbocycles. The van der Waals surface area contributed by atoms with Crippen molar-refractivity contribution in [2.45, 2.75) is 6.04 Å². The molecule has 1 unspecified atom stereocenters. The number of carbonyl (C=O) groups excluding carboxylic acids is 1. The van der Waals surface area contributed by atoms with E-state index in [1.807, 2.05) is 24.3 Å². The normalized spacial score (nSPS) is 18.2. The zero-order valence-corrected chi connectivity index (χ0v) is 13.3. The third kappa shape index (κ3) is 4.33. The van der Waals surface area contributed by atoms with Crippen LogP contribution >= 0.6 is 11.6 Å². The molecule has 1 atom stereocenters. The predicted octanol–water partition coefficient (Wildman–Crippen LogP) is 1.98. The quantitative estimate of drug-likeness (QED) is 0.923. The van der Waals surface area contributed by atoms with Gasteiger partial charge in [0.2, 0.25) is 0 Å². The lowest BCUT2D eigenvalue weighted by Crippen LogP contribution is -2.48. The number of nitrogens with one attached hydrogen (secondary N) is 1. The van der Waals surface area contributed by atoms with Gasteiger partial charge in [0, 0.05) is 37.7 Å². The summed E-state index contributed by atoms with van der Waals surface area (Å²) < 4.78 is 4.66. The molecule has 1 aliphatic heterocycles. The number of ether oxygens (including phenoxy) is 1. The molecule has 1 amide bonds. The van der Waals surface area contributed by atoms with E-state index >= 15 is 0 Å². The molecule has 0 radical (unpaired) electrons. The van der Waals surface area contributed by atoms with Crippen LogP contribution in [0.2, 0.25) is 5.02 Å². The zero-order chi connectivity index (χ0) is 15.2. The van der Waals surface area contributed by atoms with Crippen LogP contribution in [0.25, 0.3) is 0 Å². The molecule has 1 aromatic rings. The number of nitrogens with zero attached hydrogens (tertiary/aromatic N) is 2. The smallest absolute Gasteiger partial charge is 0.406 e. The highest BCUT2D eigenvalue weighted by atomic mass is 35.5. The number of piperazine rings is 1. The second-order valence-electron chi connectivity index (χ2n) is 5.25. The number of amides is 1. The molecule has 116 valence electrons. The molecule has 5 nitrogen and oxygen atoms in total. The van der Waals surface area contributed by atoms with Crippen molar-refractivity contribution in [3.63, 3.8) is 0 Å². The van der Waals surface area contributed by atoms with Gasteiger partial charge in [-0.15, -0.1) is 0 Å². The summed E-state index contributed by atoms with van der Waals surface area (Å²) in [4.78, 5) is 16.0. The molecule has 1 aromatic carbocycles. The van der Waals surface area contributed by atoms with Gasteiger partial charge in [0.1, 0.15) is 0 Å². The van der Waals surface area contributed by atoms with E-state index in [4.69, 9.17) is 11.6 Å². The number of hydrogen-bond acceptors (Lipinski definition) is 4. The topological polar surface area (TPSA) is 44.8 Å². The van der Waals surface area contributed by atoms with E-state index in [-0.39, 0.29) is 6.04 Å². The van der Waals surface area contributed by atoms with Gasteiger partial charge >= 0.3 is 6.09 Å². The Morgan fingerprint density at radius 3 is 2.62 bits per heavy atom. The van der Waals surface area contributed by atoms with Crippen molar-refractivity contribution >= 4 is 17.7 Å². The van der Waals surface area contributed by atoms with Gasteiger partial charge in [0.05, 0.1) is 13.2 Å². The van der Waals surface area contributed by atoms with E-state index in [1.165, 1.54) is 7.11 Å². The van der Waals surface area contributed by atoms with E-state index < -0.39 is 6.09 Å². The third-order valence-electron chi connectivity index (χ3n) is 3.87. The lowest BCUT2D eigenvalue weighted by Gasteiger charge is -2.38. The Kier molecular flexibility index (Phi) is 5.85.